The maximum atomic E-state index is 14.8. The van der Waals surface area contributed by atoms with Gasteiger partial charge in [-0.1, -0.05) is 31.2 Å². The van der Waals surface area contributed by atoms with Gasteiger partial charge >= 0.3 is 0 Å². The first-order chi connectivity index (χ1) is 13.6. The number of carbonyl (C=O) groups is 2. The standard InChI is InChI=1S/C22H24FN3O2.ClH/c1-2-14-5-3-4-6-19(14)26-13-16(11-20(26)27)22(28)25-18-8-7-15-12-24-10-9-17(15)21(18)23;/h3-8,16,24H,2,9-13H2,1H3,(H,25,28);1H. The van der Waals surface area contributed by atoms with Crippen LogP contribution in [0.5, 0.6) is 0 Å². The van der Waals surface area contributed by atoms with Crippen LogP contribution < -0.4 is 15.5 Å². The van der Waals surface area contributed by atoms with E-state index in [1.165, 1.54) is 0 Å². The Hall–Kier alpha value is -2.44. The maximum absolute atomic E-state index is 14.8. The maximum Gasteiger partial charge on any atom is 0.229 e. The van der Waals surface area contributed by atoms with E-state index >= 15 is 0 Å². The second-order valence-corrected chi connectivity index (χ2v) is 7.37. The number of anilines is 2. The smallest absolute Gasteiger partial charge is 0.229 e. The van der Waals surface area contributed by atoms with Crippen molar-refractivity contribution in [3.63, 3.8) is 0 Å². The van der Waals surface area contributed by atoms with E-state index in [0.717, 1.165) is 29.8 Å². The second-order valence-electron chi connectivity index (χ2n) is 7.37. The van der Waals surface area contributed by atoms with Crippen molar-refractivity contribution in [3.05, 3.63) is 58.9 Å². The number of nitrogens with one attached hydrogen (secondary N) is 2. The van der Waals surface area contributed by atoms with E-state index in [9.17, 15) is 14.0 Å². The fourth-order valence-electron chi connectivity index (χ4n) is 4.05. The van der Waals surface area contributed by atoms with Crippen molar-refractivity contribution in [2.75, 3.05) is 23.3 Å². The van der Waals surface area contributed by atoms with Crippen molar-refractivity contribution >= 4 is 35.6 Å². The topological polar surface area (TPSA) is 61.4 Å². The molecule has 2 aromatic rings. The molecular weight excluding hydrogens is 393 g/mol. The Morgan fingerprint density at radius 2 is 2.07 bits per heavy atom. The summed E-state index contributed by atoms with van der Waals surface area (Å²) in [4.78, 5) is 27.0. The number of halogens is 2. The molecule has 1 atom stereocenters. The van der Waals surface area contributed by atoms with Crippen LogP contribution in [-0.4, -0.2) is 24.9 Å². The van der Waals surface area contributed by atoms with Gasteiger partial charge in [0.15, 0.2) is 0 Å². The van der Waals surface area contributed by atoms with Crippen LogP contribution in [0.2, 0.25) is 0 Å². The lowest BCUT2D eigenvalue weighted by Crippen LogP contribution is -2.29. The normalized spacial score (nSPS) is 18.2. The summed E-state index contributed by atoms with van der Waals surface area (Å²) in [6, 6.07) is 11.2. The number of benzene rings is 2. The number of nitrogens with zero attached hydrogens (tertiary/aromatic N) is 1. The largest absolute Gasteiger partial charge is 0.323 e. The highest BCUT2D eigenvalue weighted by molar-refractivity contribution is 6.04. The minimum Gasteiger partial charge on any atom is -0.323 e. The molecule has 0 radical (unpaired) electrons. The number of fused-ring (bicyclic) bond motifs is 1. The number of aryl methyl sites for hydroxylation is 1. The number of para-hydroxylation sites is 1. The molecule has 2 aromatic carbocycles. The Kier molecular flexibility index (Phi) is 6.55. The summed E-state index contributed by atoms with van der Waals surface area (Å²) in [6.07, 6.45) is 1.56. The summed E-state index contributed by atoms with van der Waals surface area (Å²) in [7, 11) is 0. The number of amides is 2. The Morgan fingerprint density at radius 3 is 2.86 bits per heavy atom. The zero-order valence-corrected chi connectivity index (χ0v) is 17.2. The zero-order valence-electron chi connectivity index (χ0n) is 16.3. The van der Waals surface area contributed by atoms with Crippen molar-refractivity contribution in [2.45, 2.75) is 32.7 Å². The zero-order chi connectivity index (χ0) is 19.7. The minimum atomic E-state index is -0.491. The minimum absolute atomic E-state index is 0. The van der Waals surface area contributed by atoms with E-state index in [0.29, 0.717) is 25.1 Å². The van der Waals surface area contributed by atoms with Gasteiger partial charge in [0.05, 0.1) is 11.6 Å². The van der Waals surface area contributed by atoms with E-state index in [1.807, 2.05) is 37.3 Å². The number of hydrogen-bond donors (Lipinski definition) is 2. The van der Waals surface area contributed by atoms with Crippen LogP contribution >= 0.6 is 12.4 Å². The average molecular weight is 418 g/mol. The molecule has 2 heterocycles. The summed E-state index contributed by atoms with van der Waals surface area (Å²) < 4.78 is 14.8. The molecule has 2 amide bonds. The third-order valence-electron chi connectivity index (χ3n) is 5.62. The summed E-state index contributed by atoms with van der Waals surface area (Å²) in [6.45, 7) is 3.73. The lowest BCUT2D eigenvalue weighted by molar-refractivity contribution is -0.122. The molecule has 0 aliphatic carbocycles. The van der Waals surface area contributed by atoms with Gasteiger partial charge in [0.1, 0.15) is 5.82 Å². The van der Waals surface area contributed by atoms with Crippen LogP contribution in [0.4, 0.5) is 15.8 Å². The van der Waals surface area contributed by atoms with Gasteiger partial charge in [0, 0.05) is 25.2 Å². The second kappa shape index (κ2) is 8.93. The van der Waals surface area contributed by atoms with Crippen LogP contribution in [0.15, 0.2) is 36.4 Å². The van der Waals surface area contributed by atoms with E-state index < -0.39 is 5.92 Å². The summed E-state index contributed by atoms with van der Waals surface area (Å²) in [5.74, 6) is -1.23. The molecule has 29 heavy (non-hydrogen) atoms. The molecule has 5 nitrogen and oxygen atoms in total. The van der Waals surface area contributed by atoms with E-state index in [4.69, 9.17) is 0 Å². The molecule has 0 saturated carbocycles. The lowest BCUT2D eigenvalue weighted by Gasteiger charge is -2.21. The number of hydrogen-bond acceptors (Lipinski definition) is 3. The molecule has 2 aliphatic rings. The molecule has 7 heteroatoms. The SMILES string of the molecule is CCc1ccccc1N1CC(C(=O)Nc2ccc3c(c2F)CCNC3)CC1=O.Cl. The van der Waals surface area contributed by atoms with Gasteiger partial charge in [-0.25, -0.2) is 4.39 Å². The molecule has 0 spiro atoms. The van der Waals surface area contributed by atoms with Gasteiger partial charge in [-0.05, 0) is 48.2 Å². The van der Waals surface area contributed by atoms with Crippen molar-refractivity contribution in [1.29, 1.82) is 0 Å². The monoisotopic (exact) mass is 417 g/mol. The van der Waals surface area contributed by atoms with Crippen LogP contribution in [0.25, 0.3) is 0 Å². The summed E-state index contributed by atoms with van der Waals surface area (Å²) >= 11 is 0. The summed E-state index contributed by atoms with van der Waals surface area (Å²) in [5.41, 5.74) is 3.73. The quantitative estimate of drug-likeness (QED) is 0.801. The third-order valence-corrected chi connectivity index (χ3v) is 5.62. The molecule has 2 aliphatic heterocycles. The fraction of sp³-hybridized carbons (Fsp3) is 0.364. The van der Waals surface area contributed by atoms with Crippen LogP contribution in [0.1, 0.15) is 30.0 Å². The van der Waals surface area contributed by atoms with Crippen molar-refractivity contribution in [1.82, 2.24) is 5.32 Å². The molecule has 0 bridgehead atoms. The lowest BCUT2D eigenvalue weighted by atomic mass is 9.99. The third kappa shape index (κ3) is 4.14. The van der Waals surface area contributed by atoms with E-state index in [2.05, 4.69) is 10.6 Å². The van der Waals surface area contributed by atoms with Crippen LogP contribution in [0.3, 0.4) is 0 Å². The van der Waals surface area contributed by atoms with Crippen LogP contribution in [0, 0.1) is 11.7 Å². The molecule has 2 N–H and O–H groups in total. The first kappa shape index (κ1) is 21.3. The van der Waals surface area contributed by atoms with Gasteiger partial charge in [0.25, 0.3) is 0 Å². The number of rotatable bonds is 4. The van der Waals surface area contributed by atoms with Gasteiger partial charge in [-0.2, -0.15) is 0 Å². The molecule has 154 valence electrons. The van der Waals surface area contributed by atoms with Crippen molar-refractivity contribution in [3.8, 4) is 0 Å². The highest BCUT2D eigenvalue weighted by Gasteiger charge is 2.36. The predicted molar refractivity (Wildman–Crippen MR) is 114 cm³/mol. The Labute approximate surface area is 176 Å². The molecule has 1 fully saturated rings. The van der Waals surface area contributed by atoms with E-state index in [-0.39, 0.29) is 42.1 Å². The average Bonchev–Trinajstić information content (AvgIpc) is 3.12. The highest BCUT2D eigenvalue weighted by Crippen LogP contribution is 2.30. The highest BCUT2D eigenvalue weighted by atomic mass is 35.5. The summed E-state index contributed by atoms with van der Waals surface area (Å²) in [5, 5.41) is 5.92. The molecule has 4 rings (SSSR count). The molecule has 1 unspecified atom stereocenters. The Balaban J connectivity index is 0.00000240. The first-order valence-electron chi connectivity index (χ1n) is 9.78. The van der Waals surface area contributed by atoms with E-state index in [1.54, 1.807) is 11.0 Å². The van der Waals surface area contributed by atoms with Crippen molar-refractivity contribution in [2.24, 2.45) is 5.92 Å². The van der Waals surface area contributed by atoms with Gasteiger partial charge in [-0.15, -0.1) is 12.4 Å². The van der Waals surface area contributed by atoms with Gasteiger partial charge in [0.2, 0.25) is 11.8 Å². The van der Waals surface area contributed by atoms with Gasteiger partial charge < -0.3 is 15.5 Å². The van der Waals surface area contributed by atoms with Crippen molar-refractivity contribution < 1.29 is 14.0 Å². The van der Waals surface area contributed by atoms with Gasteiger partial charge in [-0.3, -0.25) is 9.59 Å². The molecular formula is C22H25ClFN3O2. The molecule has 1 saturated heterocycles. The number of carbonyl (C=O) groups excluding carboxylic acids is 2. The fourth-order valence-corrected chi connectivity index (χ4v) is 4.05. The first-order valence-corrected chi connectivity index (χ1v) is 9.78. The predicted octanol–water partition coefficient (Wildman–Crippen LogP) is 3.45. The molecule has 0 aromatic heterocycles. The Bertz CT molecular complexity index is 934. The Morgan fingerprint density at radius 1 is 1.28 bits per heavy atom. The van der Waals surface area contributed by atoms with Crippen LogP contribution in [-0.2, 0) is 29.0 Å².